The molecule has 0 aliphatic heterocycles. The molecular formula is C28H22Br2. The van der Waals surface area contributed by atoms with Crippen molar-refractivity contribution in [3.63, 3.8) is 0 Å². The second-order valence-electron chi connectivity index (χ2n) is 8.28. The van der Waals surface area contributed by atoms with Crippen molar-refractivity contribution in [3.05, 3.63) is 103 Å². The van der Waals surface area contributed by atoms with E-state index in [1.54, 1.807) is 0 Å². The van der Waals surface area contributed by atoms with Gasteiger partial charge in [-0.1, -0.05) is 80.0 Å². The van der Waals surface area contributed by atoms with Crippen LogP contribution in [0, 0.1) is 29.1 Å². The summed E-state index contributed by atoms with van der Waals surface area (Å²) in [5, 5.41) is 0. The highest BCUT2D eigenvalue weighted by Gasteiger charge is 2.34. The molecule has 30 heavy (non-hydrogen) atoms. The van der Waals surface area contributed by atoms with E-state index in [1.807, 2.05) is 36.4 Å². The highest BCUT2D eigenvalue weighted by Crippen LogP contribution is 2.44. The summed E-state index contributed by atoms with van der Waals surface area (Å²) in [4.78, 5) is 0. The summed E-state index contributed by atoms with van der Waals surface area (Å²) in [6.45, 7) is 4.66. The van der Waals surface area contributed by atoms with E-state index in [-0.39, 0.29) is 11.3 Å². The molecular weight excluding hydrogens is 496 g/mol. The van der Waals surface area contributed by atoms with Crippen molar-refractivity contribution < 1.29 is 0 Å². The van der Waals surface area contributed by atoms with Crippen LogP contribution in [0.3, 0.4) is 0 Å². The van der Waals surface area contributed by atoms with Gasteiger partial charge in [0, 0.05) is 20.1 Å². The molecule has 0 bridgehead atoms. The molecule has 0 fully saturated rings. The van der Waals surface area contributed by atoms with Gasteiger partial charge in [0.1, 0.15) is 0 Å². The van der Waals surface area contributed by atoms with Gasteiger partial charge in [0.2, 0.25) is 0 Å². The second kappa shape index (κ2) is 8.85. The molecule has 0 nitrogen and oxygen atoms in total. The third-order valence-electron chi connectivity index (χ3n) is 5.75. The molecule has 0 spiro atoms. The number of hydrogen-bond donors (Lipinski definition) is 0. The molecule has 0 saturated heterocycles. The molecule has 0 saturated carbocycles. The minimum Gasteiger partial charge on any atom is -0.0891 e. The third-order valence-corrected chi connectivity index (χ3v) is 7.07. The summed E-state index contributed by atoms with van der Waals surface area (Å²) >= 11 is 7.18. The topological polar surface area (TPSA) is 0 Å². The standard InChI is InChI=1S/C28H22Br2/c1-28(2)19-18-22-10-5-6-11-23(22)25(28)17-15-21-9-4-3-8-20(21)14-16-24-26(29)12-7-13-27(24)30/h3-13,25H,18-19H2,1-2H3. The second-order valence-corrected chi connectivity index (χ2v) is 9.99. The number of aryl methyl sites for hydroxylation is 1. The van der Waals surface area contributed by atoms with Crippen LogP contribution in [-0.2, 0) is 6.42 Å². The summed E-state index contributed by atoms with van der Waals surface area (Å²) in [7, 11) is 0. The zero-order valence-corrected chi connectivity index (χ0v) is 20.3. The van der Waals surface area contributed by atoms with E-state index >= 15 is 0 Å². The molecule has 0 heterocycles. The molecule has 3 aromatic carbocycles. The lowest BCUT2D eigenvalue weighted by Gasteiger charge is -2.37. The molecule has 0 aromatic heterocycles. The van der Waals surface area contributed by atoms with E-state index in [2.05, 4.69) is 99.7 Å². The van der Waals surface area contributed by atoms with Crippen LogP contribution in [0.4, 0.5) is 0 Å². The van der Waals surface area contributed by atoms with E-state index in [4.69, 9.17) is 0 Å². The van der Waals surface area contributed by atoms with Crippen molar-refractivity contribution in [3.8, 4) is 23.7 Å². The van der Waals surface area contributed by atoms with E-state index in [9.17, 15) is 0 Å². The van der Waals surface area contributed by atoms with E-state index < -0.39 is 0 Å². The average molecular weight is 518 g/mol. The Morgan fingerprint density at radius 2 is 1.40 bits per heavy atom. The fraction of sp³-hybridized carbons (Fsp3) is 0.214. The first-order chi connectivity index (χ1) is 14.5. The largest absolute Gasteiger partial charge is 0.0891 e. The molecule has 4 rings (SSSR count). The highest BCUT2D eigenvalue weighted by atomic mass is 79.9. The molecule has 2 heteroatoms. The fourth-order valence-electron chi connectivity index (χ4n) is 3.94. The van der Waals surface area contributed by atoms with Crippen molar-refractivity contribution >= 4 is 31.9 Å². The van der Waals surface area contributed by atoms with Crippen LogP contribution in [0.1, 0.15) is 54.0 Å². The Kier molecular flexibility index (Phi) is 6.19. The SMILES string of the molecule is CC1(C)CCc2ccccc2C1C#Cc1ccccc1C#Cc1c(Br)cccc1Br. The molecule has 0 amide bonds. The van der Waals surface area contributed by atoms with Crippen LogP contribution < -0.4 is 0 Å². The summed E-state index contributed by atoms with van der Waals surface area (Å²) in [5.41, 5.74) is 5.84. The Labute approximate surface area is 196 Å². The molecule has 1 atom stereocenters. The molecule has 148 valence electrons. The van der Waals surface area contributed by atoms with Crippen LogP contribution in [0.2, 0.25) is 0 Å². The lowest BCUT2D eigenvalue weighted by atomic mass is 9.66. The van der Waals surface area contributed by atoms with Gasteiger partial charge in [-0.05, 0) is 85.5 Å². The maximum atomic E-state index is 3.61. The van der Waals surface area contributed by atoms with Crippen LogP contribution in [-0.4, -0.2) is 0 Å². The third kappa shape index (κ3) is 4.41. The molecule has 1 unspecified atom stereocenters. The van der Waals surface area contributed by atoms with Crippen molar-refractivity contribution in [1.29, 1.82) is 0 Å². The molecule has 1 aliphatic carbocycles. The van der Waals surface area contributed by atoms with Crippen molar-refractivity contribution in [1.82, 2.24) is 0 Å². The fourth-order valence-corrected chi connectivity index (χ4v) is 5.13. The van der Waals surface area contributed by atoms with Crippen LogP contribution in [0.25, 0.3) is 0 Å². The Balaban J connectivity index is 1.73. The van der Waals surface area contributed by atoms with Gasteiger partial charge in [-0.2, -0.15) is 0 Å². The summed E-state index contributed by atoms with van der Waals surface area (Å²) in [6.07, 6.45) is 2.28. The van der Waals surface area contributed by atoms with E-state index in [0.717, 1.165) is 38.5 Å². The Morgan fingerprint density at radius 1 is 0.767 bits per heavy atom. The van der Waals surface area contributed by atoms with Gasteiger partial charge in [-0.15, -0.1) is 0 Å². The first kappa shape index (κ1) is 21.0. The van der Waals surface area contributed by atoms with Gasteiger partial charge >= 0.3 is 0 Å². The van der Waals surface area contributed by atoms with Crippen molar-refractivity contribution in [2.24, 2.45) is 5.41 Å². The summed E-state index contributed by atoms with van der Waals surface area (Å²) in [6, 6.07) is 22.9. The van der Waals surface area contributed by atoms with Gasteiger partial charge in [0.15, 0.2) is 0 Å². The molecule has 0 N–H and O–H groups in total. The zero-order valence-electron chi connectivity index (χ0n) is 17.1. The van der Waals surface area contributed by atoms with Gasteiger partial charge in [-0.25, -0.2) is 0 Å². The summed E-state index contributed by atoms with van der Waals surface area (Å²) < 4.78 is 1.96. The van der Waals surface area contributed by atoms with Gasteiger partial charge in [-0.3, -0.25) is 0 Å². The maximum absolute atomic E-state index is 3.61. The Morgan fingerprint density at radius 3 is 2.13 bits per heavy atom. The average Bonchev–Trinajstić information content (AvgIpc) is 2.73. The lowest BCUT2D eigenvalue weighted by Crippen LogP contribution is -2.27. The normalized spacial score (nSPS) is 16.5. The first-order valence-electron chi connectivity index (χ1n) is 10.1. The minimum absolute atomic E-state index is 0.155. The molecule has 0 radical (unpaired) electrons. The van der Waals surface area contributed by atoms with Gasteiger partial charge in [0.05, 0.1) is 11.5 Å². The van der Waals surface area contributed by atoms with Crippen molar-refractivity contribution in [2.75, 3.05) is 0 Å². The number of rotatable bonds is 0. The predicted octanol–water partition coefficient (Wildman–Crippen LogP) is 7.72. The number of fused-ring (bicyclic) bond motifs is 1. The van der Waals surface area contributed by atoms with E-state index in [1.165, 1.54) is 11.1 Å². The van der Waals surface area contributed by atoms with E-state index in [0.29, 0.717) is 0 Å². The zero-order chi connectivity index (χ0) is 21.1. The smallest absolute Gasteiger partial charge is 0.0533 e. The van der Waals surface area contributed by atoms with Crippen LogP contribution in [0.5, 0.6) is 0 Å². The number of benzene rings is 3. The predicted molar refractivity (Wildman–Crippen MR) is 132 cm³/mol. The number of halogens is 2. The maximum Gasteiger partial charge on any atom is 0.0533 e. The highest BCUT2D eigenvalue weighted by molar-refractivity contribution is 9.11. The monoisotopic (exact) mass is 516 g/mol. The van der Waals surface area contributed by atoms with Gasteiger partial charge < -0.3 is 0 Å². The number of hydrogen-bond acceptors (Lipinski definition) is 0. The van der Waals surface area contributed by atoms with Crippen LogP contribution in [0.15, 0.2) is 75.7 Å². The minimum atomic E-state index is 0.155. The van der Waals surface area contributed by atoms with Crippen LogP contribution >= 0.6 is 31.9 Å². The Bertz CT molecular complexity index is 1190. The first-order valence-corrected chi connectivity index (χ1v) is 11.7. The van der Waals surface area contributed by atoms with Crippen molar-refractivity contribution in [2.45, 2.75) is 32.6 Å². The lowest BCUT2D eigenvalue weighted by molar-refractivity contribution is 0.287. The molecule has 3 aromatic rings. The summed E-state index contributed by atoms with van der Waals surface area (Å²) in [5.74, 6) is 13.9. The van der Waals surface area contributed by atoms with Gasteiger partial charge in [0.25, 0.3) is 0 Å². The quantitative estimate of drug-likeness (QED) is 0.268. The Hall–Kier alpha value is -2.26. The molecule has 1 aliphatic rings.